The molecule has 0 amide bonds. The number of ether oxygens (including phenoxy) is 2. The van der Waals surface area contributed by atoms with Crippen LogP contribution in [0.1, 0.15) is 18.6 Å². The molecule has 136 valence electrons. The molecule has 0 N–H and O–H groups in total. The van der Waals surface area contributed by atoms with Crippen molar-refractivity contribution in [1.29, 1.82) is 0 Å². The molecular weight excluding hydrogens is 354 g/mol. The van der Waals surface area contributed by atoms with Crippen molar-refractivity contribution in [3.05, 3.63) is 36.1 Å². The minimum Gasteiger partial charge on any atom is -0.497 e. The van der Waals surface area contributed by atoms with Crippen LogP contribution in [0.5, 0.6) is 5.75 Å². The van der Waals surface area contributed by atoms with Gasteiger partial charge < -0.3 is 14.0 Å². The average molecular weight is 373 g/mol. The summed E-state index contributed by atoms with van der Waals surface area (Å²) in [5.41, 5.74) is 1.77. The highest BCUT2D eigenvalue weighted by Gasteiger charge is 2.19. The van der Waals surface area contributed by atoms with Crippen molar-refractivity contribution in [2.45, 2.75) is 36.4 Å². The molecule has 0 unspecified atom stereocenters. The first-order valence-corrected chi connectivity index (χ1v) is 9.41. The van der Waals surface area contributed by atoms with E-state index in [4.69, 9.17) is 14.0 Å². The van der Waals surface area contributed by atoms with Gasteiger partial charge >= 0.3 is 0 Å². The Bertz CT molecular complexity index is 842. The molecule has 1 aliphatic heterocycles. The Morgan fingerprint density at radius 1 is 1.31 bits per heavy atom. The molecule has 3 heterocycles. The molecule has 1 aromatic carbocycles. The normalized spacial score (nSPS) is 16.9. The van der Waals surface area contributed by atoms with E-state index in [-0.39, 0.29) is 6.10 Å². The first-order chi connectivity index (χ1) is 12.8. The van der Waals surface area contributed by atoms with Gasteiger partial charge in [0, 0.05) is 18.2 Å². The van der Waals surface area contributed by atoms with Crippen LogP contribution >= 0.6 is 11.8 Å². The molecule has 0 radical (unpaired) electrons. The summed E-state index contributed by atoms with van der Waals surface area (Å²) in [7, 11) is 1.65. The maximum Gasteiger partial charge on any atom is 0.209 e. The number of hydrogen-bond acceptors (Lipinski definition) is 8. The molecule has 26 heavy (non-hydrogen) atoms. The number of benzene rings is 1. The largest absolute Gasteiger partial charge is 0.497 e. The first-order valence-electron chi connectivity index (χ1n) is 8.42. The van der Waals surface area contributed by atoms with Crippen LogP contribution in [0.2, 0.25) is 0 Å². The van der Waals surface area contributed by atoms with E-state index in [1.54, 1.807) is 11.8 Å². The Hall–Kier alpha value is -2.39. The molecular formula is C17H19N5O3S. The molecule has 1 saturated heterocycles. The summed E-state index contributed by atoms with van der Waals surface area (Å²) in [6.07, 6.45) is 2.35. The lowest BCUT2D eigenvalue weighted by molar-refractivity contribution is 0.0912. The highest BCUT2D eigenvalue weighted by molar-refractivity contribution is 7.98. The van der Waals surface area contributed by atoms with Gasteiger partial charge in [-0.25, -0.2) is 4.68 Å². The number of tetrazole rings is 1. The van der Waals surface area contributed by atoms with Crippen molar-refractivity contribution >= 4 is 11.8 Å². The molecule has 4 rings (SSSR count). The number of methoxy groups -OCH3 is 1. The maximum atomic E-state index is 5.65. The van der Waals surface area contributed by atoms with Gasteiger partial charge in [-0.05, 0) is 47.5 Å². The molecule has 0 bridgehead atoms. The van der Waals surface area contributed by atoms with Crippen molar-refractivity contribution in [1.82, 2.24) is 25.4 Å². The summed E-state index contributed by atoms with van der Waals surface area (Å²) in [5, 5.41) is 16.8. The summed E-state index contributed by atoms with van der Waals surface area (Å²) in [6.45, 7) is 1.50. The van der Waals surface area contributed by atoms with Crippen LogP contribution in [-0.2, 0) is 17.0 Å². The van der Waals surface area contributed by atoms with Gasteiger partial charge in [-0.1, -0.05) is 16.9 Å². The van der Waals surface area contributed by atoms with Gasteiger partial charge in [0.2, 0.25) is 5.16 Å². The molecule has 1 atom stereocenters. The fourth-order valence-electron chi connectivity index (χ4n) is 2.81. The summed E-state index contributed by atoms with van der Waals surface area (Å²) in [5.74, 6) is 2.19. The van der Waals surface area contributed by atoms with Crippen LogP contribution in [0.15, 0.2) is 40.0 Å². The molecule has 1 aliphatic rings. The van der Waals surface area contributed by atoms with Crippen molar-refractivity contribution < 1.29 is 14.0 Å². The second-order valence-corrected chi connectivity index (χ2v) is 6.92. The number of rotatable bonds is 7. The van der Waals surface area contributed by atoms with E-state index in [2.05, 4.69) is 20.7 Å². The number of thioether (sulfide) groups is 1. The van der Waals surface area contributed by atoms with E-state index in [1.807, 2.05) is 30.3 Å². The standard InChI is InChI=1S/C17H19N5O3S/c1-23-13-6-4-12(5-7-13)16-9-15(25-19-16)11-26-17-18-20-21-22(17)10-14-3-2-8-24-14/h4-7,9,14H,2-3,8,10-11H2,1H3/t14-/m1/s1. The zero-order chi connectivity index (χ0) is 17.8. The summed E-state index contributed by atoms with van der Waals surface area (Å²) in [4.78, 5) is 0. The van der Waals surface area contributed by atoms with Crippen LogP contribution in [0.4, 0.5) is 0 Å². The lowest BCUT2D eigenvalue weighted by Crippen LogP contribution is -2.16. The van der Waals surface area contributed by atoms with Gasteiger partial charge in [-0.15, -0.1) is 5.10 Å². The van der Waals surface area contributed by atoms with Crippen LogP contribution < -0.4 is 4.74 Å². The fraction of sp³-hybridized carbons (Fsp3) is 0.412. The SMILES string of the molecule is COc1ccc(-c2cc(CSc3nnnn3C[C@H]3CCCO3)on2)cc1. The Labute approximate surface area is 154 Å². The fourth-order valence-corrected chi connectivity index (χ4v) is 3.57. The lowest BCUT2D eigenvalue weighted by atomic mass is 10.1. The van der Waals surface area contributed by atoms with E-state index in [0.717, 1.165) is 47.4 Å². The second-order valence-electron chi connectivity index (χ2n) is 5.97. The predicted molar refractivity (Wildman–Crippen MR) is 94.8 cm³/mol. The summed E-state index contributed by atoms with van der Waals surface area (Å²) >= 11 is 1.52. The van der Waals surface area contributed by atoms with Crippen LogP contribution in [-0.4, -0.2) is 45.2 Å². The third-order valence-electron chi connectivity index (χ3n) is 4.19. The molecule has 0 aliphatic carbocycles. The van der Waals surface area contributed by atoms with Gasteiger partial charge in [-0.2, -0.15) is 0 Å². The predicted octanol–water partition coefficient (Wildman–Crippen LogP) is 2.81. The van der Waals surface area contributed by atoms with E-state index in [1.165, 1.54) is 11.8 Å². The summed E-state index contributed by atoms with van der Waals surface area (Å²) < 4.78 is 18.1. The third-order valence-corrected chi connectivity index (χ3v) is 5.17. The summed E-state index contributed by atoms with van der Waals surface area (Å²) in [6, 6.07) is 9.64. The van der Waals surface area contributed by atoms with Crippen molar-refractivity contribution in [2.75, 3.05) is 13.7 Å². The van der Waals surface area contributed by atoms with E-state index in [9.17, 15) is 0 Å². The van der Waals surface area contributed by atoms with Crippen LogP contribution in [0.25, 0.3) is 11.3 Å². The Morgan fingerprint density at radius 2 is 2.19 bits per heavy atom. The van der Waals surface area contributed by atoms with Gasteiger partial charge in [0.15, 0.2) is 0 Å². The van der Waals surface area contributed by atoms with E-state index >= 15 is 0 Å². The first kappa shape index (κ1) is 17.0. The third kappa shape index (κ3) is 3.88. The molecule has 1 fully saturated rings. The second kappa shape index (κ2) is 7.88. The highest BCUT2D eigenvalue weighted by atomic mass is 32.2. The number of hydrogen-bond donors (Lipinski definition) is 0. The lowest BCUT2D eigenvalue weighted by Gasteiger charge is -2.09. The molecule has 0 spiro atoms. The zero-order valence-corrected chi connectivity index (χ0v) is 15.2. The highest BCUT2D eigenvalue weighted by Crippen LogP contribution is 2.26. The van der Waals surface area contributed by atoms with E-state index in [0.29, 0.717) is 12.3 Å². The molecule has 3 aromatic rings. The van der Waals surface area contributed by atoms with Crippen molar-refractivity contribution in [3.63, 3.8) is 0 Å². The zero-order valence-electron chi connectivity index (χ0n) is 14.4. The Kier molecular flexibility index (Phi) is 5.16. The maximum absolute atomic E-state index is 5.65. The Morgan fingerprint density at radius 3 is 2.96 bits per heavy atom. The van der Waals surface area contributed by atoms with Crippen molar-refractivity contribution in [2.24, 2.45) is 0 Å². The molecule has 0 saturated carbocycles. The molecule has 2 aromatic heterocycles. The van der Waals surface area contributed by atoms with Crippen LogP contribution in [0, 0.1) is 0 Å². The van der Waals surface area contributed by atoms with Gasteiger partial charge in [0.05, 0.1) is 25.5 Å². The Balaban J connectivity index is 1.38. The van der Waals surface area contributed by atoms with Gasteiger partial charge in [0.1, 0.15) is 17.2 Å². The number of aromatic nitrogens is 5. The smallest absolute Gasteiger partial charge is 0.209 e. The van der Waals surface area contributed by atoms with Gasteiger partial charge in [-0.3, -0.25) is 0 Å². The number of nitrogens with zero attached hydrogens (tertiary/aromatic N) is 5. The molecule has 9 heteroatoms. The van der Waals surface area contributed by atoms with Crippen LogP contribution in [0.3, 0.4) is 0 Å². The minimum atomic E-state index is 0.199. The minimum absolute atomic E-state index is 0.199. The van der Waals surface area contributed by atoms with Gasteiger partial charge in [0.25, 0.3) is 0 Å². The monoisotopic (exact) mass is 373 g/mol. The quantitative estimate of drug-likeness (QED) is 0.584. The van der Waals surface area contributed by atoms with E-state index < -0.39 is 0 Å². The van der Waals surface area contributed by atoms with Crippen molar-refractivity contribution in [3.8, 4) is 17.0 Å². The topological polar surface area (TPSA) is 88.1 Å². The molecule has 8 nitrogen and oxygen atoms in total. The average Bonchev–Trinajstić information content (AvgIpc) is 3.43.